The van der Waals surface area contributed by atoms with E-state index in [-0.39, 0.29) is 36.7 Å². The minimum atomic E-state index is -1.11. The molecule has 0 aromatic heterocycles. The summed E-state index contributed by atoms with van der Waals surface area (Å²) in [6, 6.07) is 34.0. The molecule has 3 fully saturated rings. The summed E-state index contributed by atoms with van der Waals surface area (Å²) in [4.78, 5) is 58.3. The highest BCUT2D eigenvalue weighted by molar-refractivity contribution is 5.92. The molecule has 292 valence electrons. The van der Waals surface area contributed by atoms with E-state index in [9.17, 15) is 19.8 Å². The van der Waals surface area contributed by atoms with E-state index < -0.39 is 35.6 Å². The summed E-state index contributed by atoms with van der Waals surface area (Å²) >= 11 is 0. The molecule has 2 N–H and O–H groups in total. The number of carbonyl (C=O) groups excluding carboxylic acids is 2. The van der Waals surface area contributed by atoms with Crippen LogP contribution in [0.5, 0.6) is 23.0 Å². The number of nitrogens with zero attached hydrogens (tertiary/aromatic N) is 2. The molecule has 7 rings (SSSR count). The van der Waals surface area contributed by atoms with E-state index in [4.69, 9.17) is 9.47 Å². The first-order chi connectivity index (χ1) is 27.2. The van der Waals surface area contributed by atoms with Crippen molar-refractivity contribution in [2.24, 2.45) is 23.7 Å². The Balaban J connectivity index is 1.16. The van der Waals surface area contributed by atoms with Crippen LogP contribution >= 0.6 is 0 Å². The van der Waals surface area contributed by atoms with Gasteiger partial charge in [-0.15, -0.1) is 0 Å². The number of ether oxygens (including phenoxy) is 2. The van der Waals surface area contributed by atoms with Crippen molar-refractivity contribution in [3.05, 3.63) is 120 Å². The van der Waals surface area contributed by atoms with Crippen molar-refractivity contribution in [3.8, 4) is 23.0 Å². The van der Waals surface area contributed by atoms with Crippen molar-refractivity contribution in [2.75, 3.05) is 0 Å². The second kappa shape index (κ2) is 17.9. The highest BCUT2D eigenvalue weighted by Crippen LogP contribution is 2.53. The number of amides is 2. The van der Waals surface area contributed by atoms with Gasteiger partial charge in [-0.25, -0.2) is 0 Å². The Morgan fingerprint density at radius 3 is 1.12 bits per heavy atom. The molecule has 4 aromatic rings. The third-order valence-corrected chi connectivity index (χ3v) is 11.9. The molecular formula is C46H50N2O8. The van der Waals surface area contributed by atoms with Crippen molar-refractivity contribution < 1.29 is 38.9 Å². The molecule has 3 saturated carbocycles. The molecule has 0 saturated heterocycles. The fourth-order valence-electron chi connectivity index (χ4n) is 9.11. The van der Waals surface area contributed by atoms with E-state index in [2.05, 4.69) is 0 Å². The number of carboxylic acids is 2. The van der Waals surface area contributed by atoms with Crippen molar-refractivity contribution in [2.45, 2.75) is 89.4 Å². The van der Waals surface area contributed by atoms with Gasteiger partial charge in [-0.2, -0.15) is 0 Å². The first kappa shape index (κ1) is 38.6. The van der Waals surface area contributed by atoms with Crippen molar-refractivity contribution in [3.63, 3.8) is 0 Å². The fraction of sp³-hybridized carbons (Fsp3) is 0.391. The summed E-state index contributed by atoms with van der Waals surface area (Å²) in [5, 5.41) is 20.1. The molecule has 10 heteroatoms. The van der Waals surface area contributed by atoms with Crippen LogP contribution in [-0.4, -0.2) is 55.8 Å². The van der Waals surface area contributed by atoms with Crippen LogP contribution in [0, 0.1) is 23.7 Å². The molecule has 0 heterocycles. The minimum Gasteiger partial charge on any atom is -0.481 e. The van der Waals surface area contributed by atoms with Gasteiger partial charge in [0.15, 0.2) is 0 Å². The van der Waals surface area contributed by atoms with Crippen LogP contribution in [0.2, 0.25) is 0 Å². The summed E-state index contributed by atoms with van der Waals surface area (Å²) < 4.78 is 12.0. The van der Waals surface area contributed by atoms with Crippen LogP contribution < -0.4 is 9.47 Å². The molecule has 0 unspecified atom stereocenters. The van der Waals surface area contributed by atoms with Crippen LogP contribution in [-0.2, 0) is 32.3 Å². The highest BCUT2D eigenvalue weighted by atomic mass is 16.5. The number of rotatable bonds is 16. The zero-order valence-corrected chi connectivity index (χ0v) is 31.6. The smallest absolute Gasteiger partial charge is 0.303 e. The number of carbonyl (C=O) groups is 4. The van der Waals surface area contributed by atoms with E-state index in [1.165, 1.54) is 0 Å². The monoisotopic (exact) mass is 758 g/mol. The number of aliphatic carboxylic acids is 2. The molecule has 3 aliphatic carbocycles. The molecule has 0 radical (unpaired) electrons. The molecule has 2 amide bonds. The average molecular weight is 759 g/mol. The summed E-state index contributed by atoms with van der Waals surface area (Å²) in [6.45, 7) is 0.583. The fourth-order valence-corrected chi connectivity index (χ4v) is 9.11. The van der Waals surface area contributed by atoms with Gasteiger partial charge in [0.2, 0.25) is 11.8 Å². The Labute approximate surface area is 328 Å². The summed E-state index contributed by atoms with van der Waals surface area (Å²) in [7, 11) is 0. The lowest BCUT2D eigenvalue weighted by molar-refractivity contribution is -0.176. The van der Waals surface area contributed by atoms with Gasteiger partial charge in [-0.3, -0.25) is 19.2 Å². The largest absolute Gasteiger partial charge is 0.481 e. The van der Waals surface area contributed by atoms with Gasteiger partial charge < -0.3 is 29.5 Å². The molecule has 0 aliphatic heterocycles. The summed E-state index contributed by atoms with van der Waals surface area (Å²) in [5.41, 5.74) is 1.77. The summed E-state index contributed by atoms with van der Waals surface area (Å²) in [5.74, 6) is -3.46. The molecule has 10 nitrogen and oxygen atoms in total. The van der Waals surface area contributed by atoms with Crippen LogP contribution in [0.1, 0.15) is 75.3 Å². The predicted octanol–water partition coefficient (Wildman–Crippen LogP) is 8.94. The number of hydrogen-bond donors (Lipinski definition) is 2. The highest BCUT2D eigenvalue weighted by Gasteiger charge is 2.60. The molecular weight excluding hydrogens is 709 g/mol. The first-order valence-corrected chi connectivity index (χ1v) is 19.9. The standard InChI is InChI=1S/C46H50N2O8/c49-41(50)27-39-40(28-42(51)52)44(46(54)48(34-13-9-10-14-34)30-32-21-25-38(26-22-32)56-36-17-5-2-6-18-36)43(39)45(53)47(33-11-7-8-12-33)29-31-19-23-37(24-20-31)55-35-15-3-1-4-16-35/h1-6,15-26,33-34,39-40,43-44H,7-14,27-30H2,(H,49,50)(H,51,52)/t39-,40-,43-,44-/m1/s1. The number of carboxylic acid groups (broad SMARTS) is 2. The molecule has 0 bridgehead atoms. The molecule has 3 aliphatic rings. The lowest BCUT2D eigenvalue weighted by Crippen LogP contribution is -2.62. The van der Waals surface area contributed by atoms with E-state index >= 15 is 9.59 Å². The van der Waals surface area contributed by atoms with E-state index in [1.807, 2.05) is 119 Å². The topological polar surface area (TPSA) is 134 Å². The second-order valence-electron chi connectivity index (χ2n) is 15.5. The van der Waals surface area contributed by atoms with Gasteiger partial charge in [-0.05, 0) is 97.2 Å². The van der Waals surface area contributed by atoms with Gasteiger partial charge in [0, 0.05) is 38.0 Å². The Bertz CT molecular complexity index is 1800. The third-order valence-electron chi connectivity index (χ3n) is 11.9. The van der Waals surface area contributed by atoms with Gasteiger partial charge in [-0.1, -0.05) is 86.3 Å². The summed E-state index contributed by atoms with van der Waals surface area (Å²) in [6.07, 6.45) is 6.36. The lowest BCUT2D eigenvalue weighted by Gasteiger charge is -2.53. The average Bonchev–Trinajstić information content (AvgIpc) is 3.94. The Kier molecular flexibility index (Phi) is 12.3. The van der Waals surface area contributed by atoms with Crippen LogP contribution in [0.3, 0.4) is 0 Å². The van der Waals surface area contributed by atoms with Gasteiger partial charge >= 0.3 is 11.9 Å². The number of para-hydroxylation sites is 2. The van der Waals surface area contributed by atoms with Crippen LogP contribution in [0.4, 0.5) is 0 Å². The van der Waals surface area contributed by atoms with E-state index in [1.54, 1.807) is 0 Å². The van der Waals surface area contributed by atoms with Gasteiger partial charge in [0.05, 0.1) is 11.8 Å². The first-order valence-electron chi connectivity index (χ1n) is 19.9. The number of hydrogen-bond acceptors (Lipinski definition) is 6. The zero-order valence-electron chi connectivity index (χ0n) is 31.6. The molecule has 56 heavy (non-hydrogen) atoms. The maximum absolute atomic E-state index is 15.0. The van der Waals surface area contributed by atoms with E-state index in [0.717, 1.165) is 62.5 Å². The Hall–Kier alpha value is -5.64. The lowest BCUT2D eigenvalue weighted by atomic mass is 9.53. The maximum atomic E-state index is 15.0. The van der Waals surface area contributed by atoms with Crippen molar-refractivity contribution in [1.82, 2.24) is 9.80 Å². The van der Waals surface area contributed by atoms with E-state index in [0.29, 0.717) is 36.1 Å². The predicted molar refractivity (Wildman–Crippen MR) is 210 cm³/mol. The second-order valence-corrected chi connectivity index (χ2v) is 15.5. The molecule has 0 spiro atoms. The van der Waals surface area contributed by atoms with Gasteiger partial charge in [0.25, 0.3) is 0 Å². The Morgan fingerprint density at radius 2 is 0.804 bits per heavy atom. The minimum absolute atomic E-state index is 0.0648. The normalized spacial score (nSPS) is 20.9. The van der Waals surface area contributed by atoms with Crippen LogP contribution in [0.15, 0.2) is 109 Å². The van der Waals surface area contributed by atoms with Crippen molar-refractivity contribution >= 4 is 23.8 Å². The van der Waals surface area contributed by atoms with Crippen molar-refractivity contribution in [1.29, 1.82) is 0 Å². The zero-order chi connectivity index (χ0) is 39.0. The number of benzene rings is 4. The quantitative estimate of drug-likeness (QED) is 0.116. The van der Waals surface area contributed by atoms with Gasteiger partial charge in [0.1, 0.15) is 23.0 Å². The van der Waals surface area contributed by atoms with Crippen LogP contribution in [0.25, 0.3) is 0 Å². The molecule has 4 aromatic carbocycles. The Morgan fingerprint density at radius 1 is 0.482 bits per heavy atom. The SMILES string of the molecule is O=C(O)C[C@@H]1[C@@H](CC(=O)O)[C@@H](C(=O)N(Cc2ccc(Oc3ccccc3)cc2)C2CCCC2)[C@@H]1C(=O)N(Cc1ccc(Oc2ccccc2)cc1)C1CCCC1. The molecule has 4 atom stereocenters. The maximum Gasteiger partial charge on any atom is 0.303 e. The third kappa shape index (κ3) is 9.24.